The molecule has 0 aliphatic carbocycles. The van der Waals surface area contributed by atoms with Crippen molar-refractivity contribution < 1.29 is 9.90 Å². The van der Waals surface area contributed by atoms with Crippen LogP contribution in [0.25, 0.3) is 0 Å². The number of fused-ring (bicyclic) bond motifs is 1. The number of β-amino-alcohol motifs (C(OH)–C–C–N with tert-alkyl or cyclic N) is 1. The summed E-state index contributed by atoms with van der Waals surface area (Å²) in [7, 11) is 0. The largest absolute Gasteiger partial charge is 0.392 e. The Kier molecular flexibility index (Phi) is 3.60. The van der Waals surface area contributed by atoms with E-state index in [9.17, 15) is 9.90 Å². The minimum atomic E-state index is -0.391. The van der Waals surface area contributed by atoms with Crippen molar-refractivity contribution in [2.45, 2.75) is 31.5 Å². The summed E-state index contributed by atoms with van der Waals surface area (Å²) in [5.41, 5.74) is 2.53. The van der Waals surface area contributed by atoms with Gasteiger partial charge in [-0.2, -0.15) is 0 Å². The lowest BCUT2D eigenvalue weighted by molar-refractivity contribution is -0.134. The van der Waals surface area contributed by atoms with Gasteiger partial charge in [-0.1, -0.05) is 28.1 Å². The molecule has 0 aromatic heterocycles. The molecule has 0 bridgehead atoms. The molecular weight excluding hydrogens is 308 g/mol. The standard InChI is InChI=1S/C14H17BrN2O2/c15-12-3-1-2-9-4-5-17(8-11(9)12)14(19)13-6-10(18)7-16-13/h1-3,10,13,16,18H,4-8H2. The lowest BCUT2D eigenvalue weighted by atomic mass is 9.99. The van der Waals surface area contributed by atoms with Gasteiger partial charge >= 0.3 is 0 Å². The maximum atomic E-state index is 12.4. The minimum Gasteiger partial charge on any atom is -0.392 e. The van der Waals surface area contributed by atoms with Crippen molar-refractivity contribution in [3.63, 3.8) is 0 Å². The number of aliphatic hydroxyl groups is 1. The third kappa shape index (κ3) is 2.55. The maximum Gasteiger partial charge on any atom is 0.240 e. The van der Waals surface area contributed by atoms with E-state index < -0.39 is 6.10 Å². The second-order valence-electron chi connectivity index (χ2n) is 5.24. The maximum absolute atomic E-state index is 12.4. The van der Waals surface area contributed by atoms with Gasteiger partial charge in [0.2, 0.25) is 5.91 Å². The summed E-state index contributed by atoms with van der Waals surface area (Å²) >= 11 is 3.56. The monoisotopic (exact) mass is 324 g/mol. The van der Waals surface area contributed by atoms with Gasteiger partial charge in [-0.05, 0) is 30.0 Å². The van der Waals surface area contributed by atoms with Gasteiger partial charge in [-0.25, -0.2) is 0 Å². The van der Waals surface area contributed by atoms with E-state index in [1.54, 1.807) is 0 Å². The average molecular weight is 325 g/mol. The van der Waals surface area contributed by atoms with E-state index in [0.29, 0.717) is 19.5 Å². The first kappa shape index (κ1) is 13.1. The number of nitrogens with one attached hydrogen (secondary N) is 1. The SMILES string of the molecule is O=C(C1CC(O)CN1)N1CCc2cccc(Br)c2C1. The first-order valence-electron chi connectivity index (χ1n) is 6.61. The summed E-state index contributed by atoms with van der Waals surface area (Å²) in [6.45, 7) is 1.94. The molecule has 4 nitrogen and oxygen atoms in total. The van der Waals surface area contributed by atoms with E-state index in [4.69, 9.17) is 0 Å². The molecule has 2 unspecified atom stereocenters. The Hall–Kier alpha value is -0.910. The van der Waals surface area contributed by atoms with Crippen LogP contribution >= 0.6 is 15.9 Å². The van der Waals surface area contributed by atoms with E-state index in [0.717, 1.165) is 17.4 Å². The fraction of sp³-hybridized carbons (Fsp3) is 0.500. The fourth-order valence-corrected chi connectivity index (χ4v) is 3.39. The lowest BCUT2D eigenvalue weighted by Crippen LogP contribution is -2.45. The number of aliphatic hydroxyl groups excluding tert-OH is 1. The lowest BCUT2D eigenvalue weighted by Gasteiger charge is -2.31. The van der Waals surface area contributed by atoms with Crippen molar-refractivity contribution in [1.82, 2.24) is 10.2 Å². The van der Waals surface area contributed by atoms with Crippen molar-refractivity contribution in [3.8, 4) is 0 Å². The molecule has 1 fully saturated rings. The molecule has 1 amide bonds. The summed E-state index contributed by atoms with van der Waals surface area (Å²) in [6, 6.07) is 5.96. The molecule has 1 saturated heterocycles. The summed E-state index contributed by atoms with van der Waals surface area (Å²) in [4.78, 5) is 14.3. The number of benzene rings is 1. The molecule has 2 atom stereocenters. The van der Waals surface area contributed by atoms with Crippen LogP contribution in [0.3, 0.4) is 0 Å². The smallest absolute Gasteiger partial charge is 0.240 e. The second-order valence-corrected chi connectivity index (χ2v) is 6.09. The molecule has 3 rings (SSSR count). The Bertz CT molecular complexity index is 506. The Labute approximate surface area is 120 Å². The predicted octanol–water partition coefficient (Wildman–Crippen LogP) is 1.06. The van der Waals surface area contributed by atoms with Crippen LogP contribution in [0.4, 0.5) is 0 Å². The molecule has 0 saturated carbocycles. The van der Waals surface area contributed by atoms with Crippen molar-refractivity contribution in [1.29, 1.82) is 0 Å². The number of hydrogen-bond acceptors (Lipinski definition) is 3. The second kappa shape index (κ2) is 5.23. The number of carbonyl (C=O) groups is 1. The molecule has 5 heteroatoms. The van der Waals surface area contributed by atoms with Gasteiger partial charge in [0.25, 0.3) is 0 Å². The summed E-state index contributed by atoms with van der Waals surface area (Å²) in [5.74, 6) is 0.109. The molecule has 1 aromatic rings. The predicted molar refractivity (Wildman–Crippen MR) is 75.7 cm³/mol. The van der Waals surface area contributed by atoms with Crippen LogP contribution in [-0.2, 0) is 17.8 Å². The van der Waals surface area contributed by atoms with Gasteiger partial charge in [0.05, 0.1) is 12.1 Å². The third-order valence-corrected chi connectivity index (χ3v) is 4.68. The van der Waals surface area contributed by atoms with E-state index in [1.165, 1.54) is 11.1 Å². The van der Waals surface area contributed by atoms with Crippen LogP contribution in [0.2, 0.25) is 0 Å². The Balaban J connectivity index is 1.75. The van der Waals surface area contributed by atoms with Crippen molar-refractivity contribution >= 4 is 21.8 Å². The van der Waals surface area contributed by atoms with Gasteiger partial charge in [-0.15, -0.1) is 0 Å². The van der Waals surface area contributed by atoms with Gasteiger partial charge in [0, 0.05) is 24.1 Å². The van der Waals surface area contributed by atoms with E-state index in [-0.39, 0.29) is 11.9 Å². The quantitative estimate of drug-likeness (QED) is 0.812. The van der Waals surface area contributed by atoms with Crippen molar-refractivity contribution in [2.24, 2.45) is 0 Å². The Morgan fingerprint density at radius 2 is 2.32 bits per heavy atom. The van der Waals surface area contributed by atoms with Crippen LogP contribution in [0.1, 0.15) is 17.5 Å². The van der Waals surface area contributed by atoms with Crippen LogP contribution in [0.15, 0.2) is 22.7 Å². The fourth-order valence-electron chi connectivity index (χ4n) is 2.85. The van der Waals surface area contributed by atoms with E-state index in [2.05, 4.69) is 27.3 Å². The number of nitrogens with zero attached hydrogens (tertiary/aromatic N) is 1. The topological polar surface area (TPSA) is 52.6 Å². The third-order valence-electron chi connectivity index (χ3n) is 3.93. The highest BCUT2D eigenvalue weighted by atomic mass is 79.9. The van der Waals surface area contributed by atoms with Gasteiger partial charge in [-0.3, -0.25) is 4.79 Å². The summed E-state index contributed by atoms with van der Waals surface area (Å²) < 4.78 is 1.07. The zero-order chi connectivity index (χ0) is 13.4. The summed E-state index contributed by atoms with van der Waals surface area (Å²) in [6.07, 6.45) is 1.03. The van der Waals surface area contributed by atoms with Crippen LogP contribution in [-0.4, -0.2) is 41.1 Å². The molecular formula is C14H17BrN2O2. The molecule has 2 aliphatic rings. The highest BCUT2D eigenvalue weighted by molar-refractivity contribution is 9.10. The van der Waals surface area contributed by atoms with Crippen LogP contribution in [0, 0.1) is 0 Å². The van der Waals surface area contributed by atoms with E-state index >= 15 is 0 Å². The number of hydrogen-bond donors (Lipinski definition) is 2. The normalized spacial score (nSPS) is 26.3. The van der Waals surface area contributed by atoms with Gasteiger partial charge in [0.15, 0.2) is 0 Å². The molecule has 2 heterocycles. The first-order chi connectivity index (χ1) is 9.15. The van der Waals surface area contributed by atoms with Crippen LogP contribution in [0.5, 0.6) is 0 Å². The van der Waals surface area contributed by atoms with Crippen LogP contribution < -0.4 is 5.32 Å². The molecule has 19 heavy (non-hydrogen) atoms. The number of halogens is 1. The molecule has 1 aromatic carbocycles. The van der Waals surface area contributed by atoms with Crippen molar-refractivity contribution in [3.05, 3.63) is 33.8 Å². The zero-order valence-corrected chi connectivity index (χ0v) is 12.2. The minimum absolute atomic E-state index is 0.109. The molecule has 2 aliphatic heterocycles. The molecule has 102 valence electrons. The average Bonchev–Trinajstić information content (AvgIpc) is 2.85. The number of rotatable bonds is 1. The highest BCUT2D eigenvalue weighted by Crippen LogP contribution is 2.27. The number of carbonyl (C=O) groups excluding carboxylic acids is 1. The molecule has 2 N–H and O–H groups in total. The zero-order valence-electron chi connectivity index (χ0n) is 10.6. The number of amides is 1. The van der Waals surface area contributed by atoms with Gasteiger partial charge < -0.3 is 15.3 Å². The first-order valence-corrected chi connectivity index (χ1v) is 7.41. The highest BCUT2D eigenvalue weighted by Gasteiger charge is 2.32. The molecule has 0 spiro atoms. The van der Waals surface area contributed by atoms with E-state index in [1.807, 2.05) is 17.0 Å². The molecule has 0 radical (unpaired) electrons. The summed E-state index contributed by atoms with van der Waals surface area (Å²) in [5, 5.41) is 12.6. The van der Waals surface area contributed by atoms with Gasteiger partial charge in [0.1, 0.15) is 0 Å². The van der Waals surface area contributed by atoms with Crippen molar-refractivity contribution in [2.75, 3.05) is 13.1 Å². The Morgan fingerprint density at radius 3 is 3.05 bits per heavy atom. The Morgan fingerprint density at radius 1 is 1.47 bits per heavy atom.